The Morgan fingerprint density at radius 3 is 2.85 bits per heavy atom. The highest BCUT2D eigenvalue weighted by Gasteiger charge is 2.35. The van der Waals surface area contributed by atoms with Crippen LogP contribution in [0.4, 0.5) is 0 Å². The molecule has 20 heavy (non-hydrogen) atoms. The van der Waals surface area contributed by atoms with E-state index in [2.05, 4.69) is 0 Å². The fraction of sp³-hybridized carbons (Fsp3) is 0.643. The Morgan fingerprint density at radius 2 is 2.25 bits per heavy atom. The Bertz CT molecular complexity index is 487. The number of carbonyl (C=O) groups excluding carboxylic acids is 1. The van der Waals surface area contributed by atoms with Gasteiger partial charge in [-0.05, 0) is 33.5 Å². The zero-order valence-corrected chi connectivity index (χ0v) is 13.0. The molecular weight excluding hydrogens is 278 g/mol. The summed E-state index contributed by atoms with van der Waals surface area (Å²) in [5.41, 5.74) is 0.593. The summed E-state index contributed by atoms with van der Waals surface area (Å²) >= 11 is 6.00. The SMILES string of the molecule is CCn1cc(Cl)cc1C(=O)N1CC(O)CC1CN(C)C. The van der Waals surface area contributed by atoms with Crippen LogP contribution in [-0.4, -0.2) is 64.7 Å². The van der Waals surface area contributed by atoms with E-state index in [9.17, 15) is 9.90 Å². The Labute approximate surface area is 124 Å². The molecule has 0 saturated carbocycles. The average molecular weight is 300 g/mol. The predicted molar refractivity (Wildman–Crippen MR) is 79.1 cm³/mol. The molecule has 0 radical (unpaired) electrons. The predicted octanol–water partition coefficient (Wildman–Crippen LogP) is 1.30. The first-order valence-electron chi connectivity index (χ1n) is 6.91. The minimum atomic E-state index is -0.440. The second kappa shape index (κ2) is 6.16. The molecule has 1 aromatic rings. The minimum Gasteiger partial charge on any atom is -0.391 e. The molecule has 1 N–H and O–H groups in total. The van der Waals surface area contributed by atoms with Crippen molar-refractivity contribution in [2.24, 2.45) is 0 Å². The molecule has 112 valence electrons. The van der Waals surface area contributed by atoms with Gasteiger partial charge < -0.3 is 19.5 Å². The van der Waals surface area contributed by atoms with Crippen molar-refractivity contribution in [3.8, 4) is 0 Å². The fourth-order valence-corrected chi connectivity index (χ4v) is 3.02. The van der Waals surface area contributed by atoms with Crippen molar-refractivity contribution in [1.82, 2.24) is 14.4 Å². The van der Waals surface area contributed by atoms with Crippen molar-refractivity contribution in [3.63, 3.8) is 0 Å². The molecule has 2 atom stereocenters. The van der Waals surface area contributed by atoms with Crippen LogP contribution >= 0.6 is 11.6 Å². The van der Waals surface area contributed by atoms with E-state index in [1.165, 1.54) is 0 Å². The van der Waals surface area contributed by atoms with Gasteiger partial charge in [0.05, 0.1) is 11.1 Å². The molecule has 1 fully saturated rings. The number of amides is 1. The van der Waals surface area contributed by atoms with E-state index in [-0.39, 0.29) is 11.9 Å². The van der Waals surface area contributed by atoms with Gasteiger partial charge in [0, 0.05) is 31.9 Å². The first-order valence-corrected chi connectivity index (χ1v) is 7.29. The second-order valence-corrected chi connectivity index (χ2v) is 6.03. The van der Waals surface area contributed by atoms with Gasteiger partial charge in [-0.25, -0.2) is 0 Å². The maximum Gasteiger partial charge on any atom is 0.270 e. The topological polar surface area (TPSA) is 48.7 Å². The lowest BCUT2D eigenvalue weighted by molar-refractivity contribution is 0.0688. The second-order valence-electron chi connectivity index (χ2n) is 5.59. The summed E-state index contributed by atoms with van der Waals surface area (Å²) in [6.45, 7) is 3.82. The van der Waals surface area contributed by atoms with Gasteiger partial charge in [-0.15, -0.1) is 0 Å². The third-order valence-electron chi connectivity index (χ3n) is 3.65. The Morgan fingerprint density at radius 1 is 1.55 bits per heavy atom. The first-order chi connectivity index (χ1) is 9.42. The van der Waals surface area contributed by atoms with Crippen LogP contribution in [0.3, 0.4) is 0 Å². The van der Waals surface area contributed by atoms with Crippen LogP contribution in [0.25, 0.3) is 0 Å². The van der Waals surface area contributed by atoms with Gasteiger partial charge in [0.15, 0.2) is 0 Å². The lowest BCUT2D eigenvalue weighted by atomic mass is 10.2. The van der Waals surface area contributed by atoms with Gasteiger partial charge >= 0.3 is 0 Å². The smallest absolute Gasteiger partial charge is 0.270 e. The largest absolute Gasteiger partial charge is 0.391 e. The molecule has 2 heterocycles. The Kier molecular flexibility index (Phi) is 4.73. The van der Waals surface area contributed by atoms with Gasteiger partial charge in [-0.2, -0.15) is 0 Å². The number of aromatic nitrogens is 1. The summed E-state index contributed by atoms with van der Waals surface area (Å²) in [6, 6.07) is 1.75. The fourth-order valence-electron chi connectivity index (χ4n) is 2.80. The highest BCUT2D eigenvalue weighted by Crippen LogP contribution is 2.23. The van der Waals surface area contributed by atoms with E-state index in [1.54, 1.807) is 17.2 Å². The van der Waals surface area contributed by atoms with Crippen LogP contribution in [0.2, 0.25) is 5.02 Å². The van der Waals surface area contributed by atoms with Crippen molar-refractivity contribution < 1.29 is 9.90 Å². The third kappa shape index (κ3) is 3.16. The average Bonchev–Trinajstić information content (AvgIpc) is 2.91. The van der Waals surface area contributed by atoms with Crippen molar-refractivity contribution in [3.05, 3.63) is 23.0 Å². The summed E-state index contributed by atoms with van der Waals surface area (Å²) in [6.07, 6.45) is 1.96. The molecule has 0 spiro atoms. The lowest BCUT2D eigenvalue weighted by Crippen LogP contribution is -2.42. The summed E-state index contributed by atoms with van der Waals surface area (Å²) in [5, 5.41) is 10.4. The number of halogens is 1. The molecular formula is C14H22ClN3O2. The standard InChI is InChI=1S/C14H22ClN3O2/c1-4-17-7-10(15)5-13(17)14(20)18-9-12(19)6-11(18)8-16(2)3/h5,7,11-12,19H,4,6,8-9H2,1-3H3. The molecule has 0 aliphatic carbocycles. The van der Waals surface area contributed by atoms with Gasteiger partial charge in [-0.3, -0.25) is 4.79 Å². The highest BCUT2D eigenvalue weighted by molar-refractivity contribution is 6.31. The number of likely N-dealkylation sites (tertiary alicyclic amines) is 1. The molecule has 0 bridgehead atoms. The van der Waals surface area contributed by atoms with Gasteiger partial charge in [0.25, 0.3) is 5.91 Å². The zero-order valence-electron chi connectivity index (χ0n) is 12.2. The molecule has 2 unspecified atom stereocenters. The van der Waals surface area contributed by atoms with E-state index in [4.69, 9.17) is 11.6 Å². The van der Waals surface area contributed by atoms with Gasteiger partial charge in [0.2, 0.25) is 0 Å². The number of carbonyl (C=O) groups is 1. The maximum atomic E-state index is 12.7. The first kappa shape index (κ1) is 15.4. The van der Waals surface area contributed by atoms with E-state index in [1.807, 2.05) is 30.5 Å². The lowest BCUT2D eigenvalue weighted by Gasteiger charge is -2.27. The van der Waals surface area contributed by atoms with Gasteiger partial charge in [-0.1, -0.05) is 11.6 Å². The third-order valence-corrected chi connectivity index (χ3v) is 3.86. The van der Waals surface area contributed by atoms with Crippen LogP contribution in [0.1, 0.15) is 23.8 Å². The van der Waals surface area contributed by atoms with Crippen molar-refractivity contribution in [1.29, 1.82) is 0 Å². The molecule has 6 heteroatoms. The van der Waals surface area contributed by atoms with E-state index in [0.717, 1.165) is 6.54 Å². The van der Waals surface area contributed by atoms with Crippen molar-refractivity contribution in [2.45, 2.75) is 32.0 Å². The molecule has 1 aliphatic heterocycles. The van der Waals surface area contributed by atoms with Gasteiger partial charge in [0.1, 0.15) is 5.69 Å². The summed E-state index contributed by atoms with van der Waals surface area (Å²) < 4.78 is 1.85. The Balaban J connectivity index is 2.21. The van der Waals surface area contributed by atoms with E-state index < -0.39 is 6.10 Å². The number of hydrogen-bond donors (Lipinski definition) is 1. The molecule has 1 amide bonds. The van der Waals surface area contributed by atoms with E-state index in [0.29, 0.717) is 30.2 Å². The van der Waals surface area contributed by atoms with Crippen LogP contribution < -0.4 is 0 Å². The molecule has 1 saturated heterocycles. The van der Waals surface area contributed by atoms with Crippen LogP contribution in [0.15, 0.2) is 12.3 Å². The quantitative estimate of drug-likeness (QED) is 0.912. The van der Waals surface area contributed by atoms with E-state index >= 15 is 0 Å². The number of hydrogen-bond acceptors (Lipinski definition) is 3. The number of aliphatic hydroxyl groups excluding tert-OH is 1. The number of aryl methyl sites for hydroxylation is 1. The number of nitrogens with zero attached hydrogens (tertiary/aromatic N) is 3. The minimum absolute atomic E-state index is 0.0477. The van der Waals surface area contributed by atoms with Crippen LogP contribution in [-0.2, 0) is 6.54 Å². The molecule has 5 nitrogen and oxygen atoms in total. The molecule has 2 rings (SSSR count). The van der Waals surface area contributed by atoms with Crippen molar-refractivity contribution >= 4 is 17.5 Å². The van der Waals surface area contributed by atoms with Crippen LogP contribution in [0, 0.1) is 0 Å². The zero-order chi connectivity index (χ0) is 14.9. The summed E-state index contributed by atoms with van der Waals surface area (Å²) in [4.78, 5) is 16.5. The monoisotopic (exact) mass is 299 g/mol. The van der Waals surface area contributed by atoms with Crippen molar-refractivity contribution in [2.75, 3.05) is 27.2 Å². The molecule has 0 aromatic carbocycles. The van der Waals surface area contributed by atoms with Crippen LogP contribution in [0.5, 0.6) is 0 Å². The molecule has 1 aliphatic rings. The Hall–Kier alpha value is -1.04. The summed E-state index contributed by atoms with van der Waals surface area (Å²) in [5.74, 6) is -0.0536. The molecule has 1 aromatic heterocycles. The normalized spacial score (nSPS) is 22.8. The summed E-state index contributed by atoms with van der Waals surface area (Å²) in [7, 11) is 3.94. The maximum absolute atomic E-state index is 12.7. The number of aliphatic hydroxyl groups is 1. The number of rotatable bonds is 4. The highest BCUT2D eigenvalue weighted by atomic mass is 35.5. The number of β-amino-alcohol motifs (C(OH)–C–C–N with tert-alkyl or cyclic N) is 1. The number of likely N-dealkylation sites (N-methyl/N-ethyl adjacent to an activating group) is 1.